The van der Waals surface area contributed by atoms with Gasteiger partial charge in [-0.1, -0.05) is 11.6 Å². The molecular weight excluding hydrogens is 356 g/mol. The number of nitrogens with zero attached hydrogens (tertiary/aromatic N) is 2. The number of carbonyl (C=O) groups excluding carboxylic acids is 1. The predicted octanol–water partition coefficient (Wildman–Crippen LogP) is 4.04. The van der Waals surface area contributed by atoms with Crippen LogP contribution in [-0.4, -0.2) is 16.3 Å². The second-order valence-corrected chi connectivity index (χ2v) is 5.03. The standard InChI is InChI=1S/C12H7BrClF2N3O/c1-5-17-11(14)6(4-20)12(18-5)19-10-2-7(13)8(15)3-9(10)16/h2-4H,1H3,(H,17,18,19). The van der Waals surface area contributed by atoms with Crippen molar-refractivity contribution in [3.63, 3.8) is 0 Å². The van der Waals surface area contributed by atoms with Gasteiger partial charge in [0.2, 0.25) is 0 Å². The Balaban J connectivity index is 2.50. The SMILES string of the molecule is Cc1nc(Cl)c(C=O)c(Nc2cc(Br)c(F)cc2F)n1. The Morgan fingerprint density at radius 3 is 2.65 bits per heavy atom. The van der Waals surface area contributed by atoms with E-state index >= 15 is 0 Å². The van der Waals surface area contributed by atoms with Crippen LogP contribution in [0.15, 0.2) is 16.6 Å². The second-order valence-electron chi connectivity index (χ2n) is 3.81. The average Bonchev–Trinajstić information content (AvgIpc) is 2.35. The first-order chi connectivity index (χ1) is 9.42. The number of halogens is 4. The summed E-state index contributed by atoms with van der Waals surface area (Å²) in [4.78, 5) is 18.8. The topological polar surface area (TPSA) is 54.9 Å². The molecule has 1 heterocycles. The van der Waals surface area contributed by atoms with E-state index in [1.807, 2.05) is 0 Å². The second kappa shape index (κ2) is 5.80. The molecule has 0 unspecified atom stereocenters. The van der Waals surface area contributed by atoms with Crippen LogP contribution in [-0.2, 0) is 0 Å². The molecule has 0 radical (unpaired) electrons. The molecule has 0 saturated heterocycles. The van der Waals surface area contributed by atoms with Crippen LogP contribution in [0.4, 0.5) is 20.3 Å². The number of rotatable bonds is 3. The fourth-order valence-corrected chi connectivity index (χ4v) is 2.09. The molecule has 0 aliphatic carbocycles. The van der Waals surface area contributed by atoms with Crippen LogP contribution in [0.25, 0.3) is 0 Å². The van der Waals surface area contributed by atoms with Gasteiger partial charge in [0.05, 0.1) is 15.7 Å². The molecule has 0 amide bonds. The Morgan fingerprint density at radius 1 is 1.30 bits per heavy atom. The highest BCUT2D eigenvalue weighted by Crippen LogP contribution is 2.28. The zero-order valence-electron chi connectivity index (χ0n) is 10.0. The normalized spacial score (nSPS) is 10.4. The Labute approximate surface area is 126 Å². The summed E-state index contributed by atoms with van der Waals surface area (Å²) in [5, 5.41) is 2.56. The van der Waals surface area contributed by atoms with E-state index in [4.69, 9.17) is 11.6 Å². The molecule has 0 atom stereocenters. The first-order valence-electron chi connectivity index (χ1n) is 5.33. The van der Waals surface area contributed by atoms with Crippen molar-refractivity contribution in [1.29, 1.82) is 0 Å². The predicted molar refractivity (Wildman–Crippen MR) is 74.5 cm³/mol. The lowest BCUT2D eigenvalue weighted by atomic mass is 10.2. The van der Waals surface area contributed by atoms with E-state index in [-0.39, 0.29) is 26.7 Å². The molecule has 1 N–H and O–H groups in total. The lowest BCUT2D eigenvalue weighted by Gasteiger charge is -2.11. The third kappa shape index (κ3) is 2.94. The molecule has 0 saturated carbocycles. The fourth-order valence-electron chi connectivity index (χ4n) is 1.49. The zero-order chi connectivity index (χ0) is 14.9. The molecule has 0 aliphatic rings. The summed E-state index contributed by atoms with van der Waals surface area (Å²) in [6.07, 6.45) is 0.459. The van der Waals surface area contributed by atoms with Crippen molar-refractivity contribution in [2.45, 2.75) is 6.92 Å². The van der Waals surface area contributed by atoms with E-state index in [2.05, 4.69) is 31.2 Å². The van der Waals surface area contributed by atoms with Gasteiger partial charge < -0.3 is 5.32 Å². The van der Waals surface area contributed by atoms with Crippen molar-refractivity contribution < 1.29 is 13.6 Å². The third-order valence-corrected chi connectivity index (χ3v) is 3.29. The number of carbonyl (C=O) groups is 1. The molecule has 1 aromatic carbocycles. The van der Waals surface area contributed by atoms with E-state index in [1.165, 1.54) is 6.07 Å². The van der Waals surface area contributed by atoms with E-state index in [0.29, 0.717) is 18.2 Å². The van der Waals surface area contributed by atoms with Gasteiger partial charge in [0.25, 0.3) is 0 Å². The molecule has 0 bridgehead atoms. The molecule has 0 aliphatic heterocycles. The van der Waals surface area contributed by atoms with E-state index < -0.39 is 11.6 Å². The molecule has 0 spiro atoms. The Morgan fingerprint density at radius 2 is 2.00 bits per heavy atom. The van der Waals surface area contributed by atoms with Crippen LogP contribution in [0.1, 0.15) is 16.2 Å². The summed E-state index contributed by atoms with van der Waals surface area (Å²) in [6, 6.07) is 1.91. The van der Waals surface area contributed by atoms with Crippen molar-refractivity contribution in [3.05, 3.63) is 44.8 Å². The van der Waals surface area contributed by atoms with E-state index in [9.17, 15) is 13.6 Å². The quantitative estimate of drug-likeness (QED) is 0.509. The largest absolute Gasteiger partial charge is 0.337 e. The number of hydrogen-bond acceptors (Lipinski definition) is 4. The smallest absolute Gasteiger partial charge is 0.156 e. The molecule has 2 rings (SSSR count). The lowest BCUT2D eigenvalue weighted by molar-refractivity contribution is 0.112. The Kier molecular flexibility index (Phi) is 4.29. The van der Waals surface area contributed by atoms with Crippen LogP contribution < -0.4 is 5.32 Å². The van der Waals surface area contributed by atoms with Crippen molar-refractivity contribution in [3.8, 4) is 0 Å². The molecule has 4 nitrogen and oxygen atoms in total. The molecule has 20 heavy (non-hydrogen) atoms. The van der Waals surface area contributed by atoms with Crippen LogP contribution in [0.5, 0.6) is 0 Å². The van der Waals surface area contributed by atoms with Gasteiger partial charge in [0.1, 0.15) is 28.4 Å². The molecule has 8 heteroatoms. The third-order valence-electron chi connectivity index (χ3n) is 2.39. The van der Waals surface area contributed by atoms with Gasteiger partial charge >= 0.3 is 0 Å². The average molecular weight is 363 g/mol. The molecule has 1 aromatic heterocycles. The summed E-state index contributed by atoms with van der Waals surface area (Å²) < 4.78 is 26.9. The first kappa shape index (κ1) is 14.8. The molecule has 104 valence electrons. The number of anilines is 2. The van der Waals surface area contributed by atoms with Gasteiger partial charge in [-0.05, 0) is 28.9 Å². The lowest BCUT2D eigenvalue weighted by Crippen LogP contribution is -2.05. The van der Waals surface area contributed by atoms with Crippen molar-refractivity contribution in [1.82, 2.24) is 9.97 Å². The highest BCUT2D eigenvalue weighted by molar-refractivity contribution is 9.10. The maximum atomic E-state index is 13.7. The van der Waals surface area contributed by atoms with Gasteiger partial charge in [-0.3, -0.25) is 4.79 Å². The highest BCUT2D eigenvalue weighted by atomic mass is 79.9. The van der Waals surface area contributed by atoms with E-state index in [1.54, 1.807) is 6.92 Å². The summed E-state index contributed by atoms with van der Waals surface area (Å²) in [5.41, 5.74) is -0.0485. The Hall–Kier alpha value is -1.60. The summed E-state index contributed by atoms with van der Waals surface area (Å²) in [6.45, 7) is 1.57. The van der Waals surface area contributed by atoms with Gasteiger partial charge in [0.15, 0.2) is 6.29 Å². The van der Waals surface area contributed by atoms with Gasteiger partial charge in [0, 0.05) is 6.07 Å². The summed E-state index contributed by atoms with van der Waals surface area (Å²) in [7, 11) is 0. The number of hydrogen-bond donors (Lipinski definition) is 1. The number of aromatic nitrogens is 2. The molecule has 2 aromatic rings. The summed E-state index contributed by atoms with van der Waals surface area (Å²) >= 11 is 8.76. The number of aryl methyl sites for hydroxylation is 1. The highest BCUT2D eigenvalue weighted by Gasteiger charge is 2.14. The Bertz CT molecular complexity index is 697. The maximum Gasteiger partial charge on any atom is 0.156 e. The van der Waals surface area contributed by atoms with Crippen molar-refractivity contribution >= 4 is 45.3 Å². The van der Waals surface area contributed by atoms with Crippen LogP contribution >= 0.6 is 27.5 Å². The van der Waals surface area contributed by atoms with Crippen molar-refractivity contribution in [2.75, 3.05) is 5.32 Å². The van der Waals surface area contributed by atoms with Crippen molar-refractivity contribution in [2.24, 2.45) is 0 Å². The zero-order valence-corrected chi connectivity index (χ0v) is 12.4. The van der Waals surface area contributed by atoms with Crippen LogP contribution in [0.2, 0.25) is 5.15 Å². The van der Waals surface area contributed by atoms with Crippen LogP contribution in [0, 0.1) is 18.6 Å². The molecule has 0 fully saturated rings. The summed E-state index contributed by atoms with van der Waals surface area (Å²) in [5.74, 6) is -1.20. The number of benzene rings is 1. The van der Waals surface area contributed by atoms with Crippen LogP contribution in [0.3, 0.4) is 0 Å². The first-order valence-corrected chi connectivity index (χ1v) is 6.50. The minimum Gasteiger partial charge on any atom is -0.337 e. The number of aldehydes is 1. The van der Waals surface area contributed by atoms with Gasteiger partial charge in [-0.25, -0.2) is 18.7 Å². The minimum absolute atomic E-state index is 0.00267. The number of nitrogens with one attached hydrogen (secondary N) is 1. The van der Waals surface area contributed by atoms with Gasteiger partial charge in [-0.2, -0.15) is 0 Å². The van der Waals surface area contributed by atoms with E-state index in [0.717, 1.165) is 0 Å². The van der Waals surface area contributed by atoms with Gasteiger partial charge in [-0.15, -0.1) is 0 Å². The monoisotopic (exact) mass is 361 g/mol. The minimum atomic E-state index is -0.824. The maximum absolute atomic E-state index is 13.7. The molecular formula is C12H7BrClF2N3O. The fraction of sp³-hybridized carbons (Fsp3) is 0.0833.